The first-order chi connectivity index (χ1) is 16.1. The monoisotopic (exact) mass is 521 g/mol. The number of primary amides is 1. The maximum Gasteiger partial charge on any atom is 0.408 e. The molecule has 2 amide bonds. The van der Waals surface area contributed by atoms with Crippen LogP contribution in [0.1, 0.15) is 35.8 Å². The van der Waals surface area contributed by atoms with Crippen molar-refractivity contribution in [1.29, 1.82) is 0 Å². The van der Waals surface area contributed by atoms with Gasteiger partial charge in [0.2, 0.25) is 11.7 Å². The van der Waals surface area contributed by atoms with Gasteiger partial charge in [-0.1, -0.05) is 13.0 Å². The molecule has 0 unspecified atom stereocenters. The molecule has 1 fully saturated rings. The fourth-order valence-electron chi connectivity index (χ4n) is 4.35. The highest BCUT2D eigenvalue weighted by molar-refractivity contribution is 7.94. The Hall–Kier alpha value is -3.29. The van der Waals surface area contributed by atoms with Crippen LogP contribution in [0.15, 0.2) is 30.5 Å². The fourth-order valence-corrected chi connectivity index (χ4v) is 6.97. The lowest BCUT2D eigenvalue weighted by atomic mass is 9.77. The Bertz CT molecular complexity index is 1300. The Morgan fingerprint density at radius 3 is 2.37 bits per heavy atom. The van der Waals surface area contributed by atoms with E-state index in [4.69, 9.17) is 10.5 Å². The van der Waals surface area contributed by atoms with Crippen LogP contribution in [0.25, 0.3) is 0 Å². The first kappa shape index (κ1) is 26.3. The molecule has 190 valence electrons. The molecule has 3 N–H and O–H groups in total. The highest BCUT2D eigenvalue weighted by atomic mass is 32.2. The summed E-state index contributed by atoms with van der Waals surface area (Å²) >= 11 is 0. The van der Waals surface area contributed by atoms with Crippen molar-refractivity contribution >= 4 is 27.3 Å². The summed E-state index contributed by atoms with van der Waals surface area (Å²) in [6, 6.07) is 3.65. The van der Waals surface area contributed by atoms with Crippen molar-refractivity contribution in [3.05, 3.63) is 53.4 Å². The zero-order valence-corrected chi connectivity index (χ0v) is 19.3. The number of aromatic nitrogens is 1. The quantitative estimate of drug-likeness (QED) is 0.583. The predicted octanol–water partition coefficient (Wildman–Crippen LogP) is 2.94. The first-order valence-corrected chi connectivity index (χ1v) is 11.5. The number of carbonyl (C=O) groups is 2. The first-order valence-electron chi connectivity index (χ1n) is 9.98. The van der Waals surface area contributed by atoms with Crippen molar-refractivity contribution in [1.82, 2.24) is 4.98 Å². The lowest BCUT2D eigenvalue weighted by molar-refractivity contribution is -0.167. The normalized spacial score (nSPS) is 25.8. The van der Waals surface area contributed by atoms with Crippen molar-refractivity contribution in [2.24, 2.45) is 11.7 Å². The van der Waals surface area contributed by atoms with Gasteiger partial charge in [-0.2, -0.15) is 17.6 Å². The SMILES string of the molecule is COc1c([C@@H]2[C@H](C)[C@](C)(C(F)(F)F)S(=O)(=O)[C@H]2C(=O)Nc2ccnc(C(N)=O)c2)ccc(F)c1F. The summed E-state index contributed by atoms with van der Waals surface area (Å²) < 4.78 is 98.9. The number of carbonyl (C=O) groups excluding carboxylic acids is 2. The molecule has 3 rings (SSSR count). The molecule has 4 atom stereocenters. The average molecular weight is 521 g/mol. The summed E-state index contributed by atoms with van der Waals surface area (Å²) in [5, 5.41) is -0.216. The van der Waals surface area contributed by atoms with Gasteiger partial charge in [-0.05, 0) is 31.0 Å². The lowest BCUT2D eigenvalue weighted by Crippen LogP contribution is -2.52. The number of methoxy groups -OCH3 is 1. The zero-order chi connectivity index (χ0) is 26.5. The summed E-state index contributed by atoms with van der Waals surface area (Å²) in [5.74, 6) is -9.71. The number of hydrogen-bond donors (Lipinski definition) is 2. The number of pyridine rings is 1. The van der Waals surface area contributed by atoms with Crippen molar-refractivity contribution in [3.63, 3.8) is 0 Å². The van der Waals surface area contributed by atoms with Gasteiger partial charge in [0.1, 0.15) is 10.9 Å². The third-order valence-electron chi connectivity index (χ3n) is 6.40. The van der Waals surface area contributed by atoms with Gasteiger partial charge in [-0.25, -0.2) is 12.8 Å². The molecule has 14 heteroatoms. The van der Waals surface area contributed by atoms with Gasteiger partial charge >= 0.3 is 6.18 Å². The van der Waals surface area contributed by atoms with Crippen molar-refractivity contribution in [2.75, 3.05) is 12.4 Å². The Morgan fingerprint density at radius 1 is 1.20 bits per heavy atom. The van der Waals surface area contributed by atoms with E-state index in [1.54, 1.807) is 0 Å². The third-order valence-corrected chi connectivity index (χ3v) is 9.37. The molecule has 1 aliphatic heterocycles. The van der Waals surface area contributed by atoms with Crippen LogP contribution in [-0.4, -0.2) is 48.5 Å². The van der Waals surface area contributed by atoms with Gasteiger partial charge in [0.15, 0.2) is 26.2 Å². The molecule has 0 radical (unpaired) electrons. The molecule has 8 nitrogen and oxygen atoms in total. The Kier molecular flexibility index (Phi) is 6.57. The number of halogens is 5. The fraction of sp³-hybridized carbons (Fsp3) is 0.381. The van der Waals surface area contributed by atoms with Gasteiger partial charge < -0.3 is 15.8 Å². The van der Waals surface area contributed by atoms with Gasteiger partial charge in [0.25, 0.3) is 5.91 Å². The zero-order valence-electron chi connectivity index (χ0n) is 18.5. The molecule has 0 bridgehead atoms. The summed E-state index contributed by atoms with van der Waals surface area (Å²) in [6.07, 6.45) is -4.25. The molecule has 2 aromatic rings. The van der Waals surface area contributed by atoms with E-state index in [0.29, 0.717) is 13.0 Å². The highest BCUT2D eigenvalue weighted by Gasteiger charge is 2.74. The van der Waals surface area contributed by atoms with Crippen LogP contribution in [0, 0.1) is 17.6 Å². The summed E-state index contributed by atoms with van der Waals surface area (Å²) in [7, 11) is -4.41. The largest absolute Gasteiger partial charge is 0.493 e. The minimum absolute atomic E-state index is 0.168. The summed E-state index contributed by atoms with van der Waals surface area (Å²) in [4.78, 5) is 28.2. The van der Waals surface area contributed by atoms with Crippen LogP contribution in [0.2, 0.25) is 0 Å². The molecule has 35 heavy (non-hydrogen) atoms. The predicted molar refractivity (Wildman–Crippen MR) is 113 cm³/mol. The Balaban J connectivity index is 2.23. The number of ether oxygens (including phenoxy) is 1. The van der Waals surface area contributed by atoms with Crippen LogP contribution < -0.4 is 15.8 Å². The maximum atomic E-state index is 14.4. The van der Waals surface area contributed by atoms with E-state index in [1.165, 1.54) is 0 Å². The molecule has 1 aromatic heterocycles. The highest BCUT2D eigenvalue weighted by Crippen LogP contribution is 2.58. The van der Waals surface area contributed by atoms with Crippen molar-refractivity contribution in [2.45, 2.75) is 35.9 Å². The van der Waals surface area contributed by atoms with Gasteiger partial charge in [-0.3, -0.25) is 14.6 Å². The molecule has 0 aliphatic carbocycles. The number of amides is 2. The van der Waals surface area contributed by atoms with E-state index in [0.717, 1.165) is 38.4 Å². The molecule has 0 spiro atoms. The van der Waals surface area contributed by atoms with E-state index in [2.05, 4.69) is 10.3 Å². The number of nitrogens with zero attached hydrogens (tertiary/aromatic N) is 1. The minimum Gasteiger partial charge on any atom is -0.493 e. The summed E-state index contributed by atoms with van der Waals surface area (Å²) in [5.41, 5.74) is 4.22. The van der Waals surface area contributed by atoms with Crippen LogP contribution in [-0.2, 0) is 14.6 Å². The molecular weight excluding hydrogens is 501 g/mol. The van der Waals surface area contributed by atoms with E-state index < -0.39 is 72.6 Å². The number of benzene rings is 1. The number of nitrogens with one attached hydrogen (secondary N) is 1. The van der Waals surface area contributed by atoms with E-state index >= 15 is 0 Å². The number of nitrogens with two attached hydrogens (primary N) is 1. The maximum absolute atomic E-state index is 14.4. The number of hydrogen-bond acceptors (Lipinski definition) is 6. The Morgan fingerprint density at radius 2 is 1.83 bits per heavy atom. The topological polar surface area (TPSA) is 128 Å². The number of rotatable bonds is 5. The van der Waals surface area contributed by atoms with Crippen LogP contribution in [0.3, 0.4) is 0 Å². The van der Waals surface area contributed by atoms with E-state index in [1.807, 2.05) is 0 Å². The smallest absolute Gasteiger partial charge is 0.408 e. The van der Waals surface area contributed by atoms with E-state index in [-0.39, 0.29) is 11.4 Å². The molecular formula is C21H20F5N3O5S. The molecule has 1 aliphatic rings. The van der Waals surface area contributed by atoms with Crippen LogP contribution in [0.5, 0.6) is 5.75 Å². The standard InChI is InChI=1S/C21H20F5N3O5S/c1-9-14(11-4-5-12(22)15(23)16(11)34-3)17(35(32,33)20(9,2)21(24,25)26)19(31)29-10-6-7-28-13(8-10)18(27)30/h4-9,14,17H,1-3H3,(H2,27,30)(H,28,29,31)/t9-,14-,17+,20+/m0/s1. The third kappa shape index (κ3) is 3.98. The summed E-state index contributed by atoms with van der Waals surface area (Å²) in [6.45, 7) is 1.40. The van der Waals surface area contributed by atoms with Gasteiger partial charge in [0.05, 0.1) is 7.11 Å². The van der Waals surface area contributed by atoms with Crippen molar-refractivity contribution < 1.29 is 44.7 Å². The second-order valence-corrected chi connectivity index (χ2v) is 10.6. The second-order valence-electron chi connectivity index (χ2n) is 8.15. The lowest BCUT2D eigenvalue weighted by Gasteiger charge is -2.31. The molecule has 1 saturated heterocycles. The van der Waals surface area contributed by atoms with Crippen molar-refractivity contribution in [3.8, 4) is 5.75 Å². The number of alkyl halides is 3. The second kappa shape index (κ2) is 8.73. The number of sulfone groups is 1. The van der Waals surface area contributed by atoms with Crippen LogP contribution in [0.4, 0.5) is 27.6 Å². The molecule has 2 heterocycles. The number of anilines is 1. The van der Waals surface area contributed by atoms with Gasteiger partial charge in [0, 0.05) is 23.4 Å². The molecule has 0 saturated carbocycles. The van der Waals surface area contributed by atoms with Crippen LogP contribution >= 0.6 is 0 Å². The van der Waals surface area contributed by atoms with E-state index in [9.17, 15) is 40.0 Å². The van der Waals surface area contributed by atoms with Gasteiger partial charge in [-0.15, -0.1) is 0 Å². The minimum atomic E-state index is -5.34. The molecule has 1 aromatic carbocycles. The average Bonchev–Trinajstić information content (AvgIpc) is 2.93. The Labute approximate surface area is 196 Å².